The van der Waals surface area contributed by atoms with Gasteiger partial charge in [-0.15, -0.1) is 0 Å². The zero-order valence-electron chi connectivity index (χ0n) is 12.9. The molecule has 0 unspecified atom stereocenters. The van der Waals surface area contributed by atoms with Crippen molar-refractivity contribution in [1.29, 1.82) is 0 Å². The predicted octanol–water partition coefficient (Wildman–Crippen LogP) is 2.18. The Kier molecular flexibility index (Phi) is 4.11. The van der Waals surface area contributed by atoms with Crippen LogP contribution in [0.25, 0.3) is 22.8 Å². The van der Waals surface area contributed by atoms with Crippen molar-refractivity contribution in [3.63, 3.8) is 0 Å². The molecule has 1 aliphatic heterocycles. The second kappa shape index (κ2) is 6.71. The van der Waals surface area contributed by atoms with E-state index in [-0.39, 0.29) is 6.10 Å². The van der Waals surface area contributed by atoms with Gasteiger partial charge in [0.25, 0.3) is 5.89 Å². The Morgan fingerprint density at radius 3 is 3.08 bits per heavy atom. The van der Waals surface area contributed by atoms with Gasteiger partial charge in [-0.1, -0.05) is 5.16 Å². The standard InChI is InChI=1S/C16H16N6O2/c1-3-11(7-17-5-1)14-21-16(24-22-14)13-9-18-10-20-15(13)19-8-12-4-2-6-23-12/h1,3,5,7,9-10,12H,2,4,6,8H2,(H,18,19,20)/t12-/m1/s1. The van der Waals surface area contributed by atoms with E-state index in [0.717, 1.165) is 25.0 Å². The van der Waals surface area contributed by atoms with Gasteiger partial charge in [0.1, 0.15) is 17.7 Å². The first-order valence-electron chi connectivity index (χ1n) is 7.80. The van der Waals surface area contributed by atoms with Crippen molar-refractivity contribution in [2.75, 3.05) is 18.5 Å². The Morgan fingerprint density at radius 2 is 2.25 bits per heavy atom. The van der Waals surface area contributed by atoms with Crippen LogP contribution in [-0.4, -0.2) is 44.3 Å². The van der Waals surface area contributed by atoms with Gasteiger partial charge in [-0.05, 0) is 25.0 Å². The van der Waals surface area contributed by atoms with Gasteiger partial charge in [-0.2, -0.15) is 4.98 Å². The summed E-state index contributed by atoms with van der Waals surface area (Å²) >= 11 is 0. The van der Waals surface area contributed by atoms with E-state index in [1.807, 2.05) is 12.1 Å². The lowest BCUT2D eigenvalue weighted by Gasteiger charge is -2.12. The highest BCUT2D eigenvalue weighted by molar-refractivity contribution is 5.69. The molecule has 1 aliphatic rings. The van der Waals surface area contributed by atoms with Crippen LogP contribution in [-0.2, 0) is 4.74 Å². The molecule has 0 spiro atoms. The lowest BCUT2D eigenvalue weighted by molar-refractivity contribution is 0.120. The molecule has 1 fully saturated rings. The minimum Gasteiger partial charge on any atom is -0.376 e. The molecule has 122 valence electrons. The summed E-state index contributed by atoms with van der Waals surface area (Å²) in [6.07, 6.45) is 8.89. The molecule has 8 nitrogen and oxygen atoms in total. The van der Waals surface area contributed by atoms with Crippen molar-refractivity contribution in [2.24, 2.45) is 0 Å². The van der Waals surface area contributed by atoms with Crippen molar-refractivity contribution in [1.82, 2.24) is 25.1 Å². The largest absolute Gasteiger partial charge is 0.376 e. The molecule has 0 radical (unpaired) electrons. The second-order valence-electron chi connectivity index (χ2n) is 5.47. The van der Waals surface area contributed by atoms with E-state index in [1.165, 1.54) is 6.33 Å². The van der Waals surface area contributed by atoms with E-state index < -0.39 is 0 Å². The van der Waals surface area contributed by atoms with E-state index in [1.54, 1.807) is 18.6 Å². The van der Waals surface area contributed by atoms with Crippen molar-refractivity contribution in [3.05, 3.63) is 37.1 Å². The van der Waals surface area contributed by atoms with Crippen LogP contribution in [0.2, 0.25) is 0 Å². The van der Waals surface area contributed by atoms with E-state index in [9.17, 15) is 0 Å². The van der Waals surface area contributed by atoms with E-state index in [4.69, 9.17) is 9.26 Å². The third-order valence-corrected chi connectivity index (χ3v) is 3.81. The van der Waals surface area contributed by atoms with Crippen LogP contribution in [0.1, 0.15) is 12.8 Å². The number of hydrogen-bond acceptors (Lipinski definition) is 8. The lowest BCUT2D eigenvalue weighted by atomic mass is 10.2. The summed E-state index contributed by atoms with van der Waals surface area (Å²) in [5.41, 5.74) is 1.45. The maximum atomic E-state index is 5.62. The number of anilines is 1. The van der Waals surface area contributed by atoms with Crippen LogP contribution < -0.4 is 5.32 Å². The average molecular weight is 324 g/mol. The fraction of sp³-hybridized carbons (Fsp3) is 0.312. The Balaban J connectivity index is 1.56. The van der Waals surface area contributed by atoms with Crippen molar-refractivity contribution in [3.8, 4) is 22.8 Å². The molecule has 0 saturated carbocycles. The summed E-state index contributed by atoms with van der Waals surface area (Å²) in [7, 11) is 0. The summed E-state index contributed by atoms with van der Waals surface area (Å²) in [5.74, 6) is 1.50. The fourth-order valence-electron chi connectivity index (χ4n) is 2.59. The third-order valence-electron chi connectivity index (χ3n) is 3.81. The topological polar surface area (TPSA) is 98.9 Å². The first kappa shape index (κ1) is 14.7. The first-order chi connectivity index (χ1) is 11.9. The molecular weight excluding hydrogens is 308 g/mol. The summed E-state index contributed by atoms with van der Waals surface area (Å²) in [6.45, 7) is 1.51. The number of nitrogens with zero attached hydrogens (tertiary/aromatic N) is 5. The minimum absolute atomic E-state index is 0.210. The number of pyridine rings is 1. The van der Waals surface area contributed by atoms with E-state index >= 15 is 0 Å². The predicted molar refractivity (Wildman–Crippen MR) is 86.0 cm³/mol. The molecule has 4 heterocycles. The maximum absolute atomic E-state index is 5.62. The van der Waals surface area contributed by atoms with E-state index in [2.05, 4.69) is 30.4 Å². The molecule has 0 bridgehead atoms. The zero-order chi connectivity index (χ0) is 16.2. The monoisotopic (exact) mass is 324 g/mol. The molecule has 1 N–H and O–H groups in total. The summed E-state index contributed by atoms with van der Waals surface area (Å²) in [4.78, 5) is 16.8. The second-order valence-corrected chi connectivity index (χ2v) is 5.47. The average Bonchev–Trinajstić information content (AvgIpc) is 3.33. The Hall–Kier alpha value is -2.87. The van der Waals surface area contributed by atoms with Gasteiger partial charge in [0, 0.05) is 37.3 Å². The Morgan fingerprint density at radius 1 is 1.25 bits per heavy atom. The highest BCUT2D eigenvalue weighted by Gasteiger charge is 2.18. The van der Waals surface area contributed by atoms with Crippen LogP contribution in [0.5, 0.6) is 0 Å². The van der Waals surface area contributed by atoms with Crippen molar-refractivity contribution >= 4 is 5.82 Å². The third kappa shape index (κ3) is 3.09. The van der Waals surface area contributed by atoms with Crippen LogP contribution >= 0.6 is 0 Å². The zero-order valence-corrected chi connectivity index (χ0v) is 12.9. The summed E-state index contributed by atoms with van der Waals surface area (Å²) in [5, 5.41) is 7.29. The molecule has 0 aliphatic carbocycles. The molecule has 1 atom stereocenters. The molecule has 3 aromatic rings. The smallest absolute Gasteiger partial charge is 0.263 e. The van der Waals surface area contributed by atoms with Crippen LogP contribution in [0, 0.1) is 0 Å². The molecule has 0 amide bonds. The molecule has 0 aromatic carbocycles. The summed E-state index contributed by atoms with van der Waals surface area (Å²) < 4.78 is 11.0. The minimum atomic E-state index is 0.210. The summed E-state index contributed by atoms with van der Waals surface area (Å²) in [6, 6.07) is 3.70. The SMILES string of the molecule is c1cncc(-c2noc(-c3cncnc3NC[C@H]3CCCO3)n2)c1. The molecule has 24 heavy (non-hydrogen) atoms. The van der Waals surface area contributed by atoms with Crippen LogP contribution in [0.15, 0.2) is 41.6 Å². The van der Waals surface area contributed by atoms with Crippen molar-refractivity contribution < 1.29 is 9.26 Å². The highest BCUT2D eigenvalue weighted by atomic mass is 16.5. The van der Waals surface area contributed by atoms with Crippen LogP contribution in [0.4, 0.5) is 5.82 Å². The van der Waals surface area contributed by atoms with Crippen LogP contribution in [0.3, 0.4) is 0 Å². The van der Waals surface area contributed by atoms with Gasteiger partial charge in [0.05, 0.1) is 6.10 Å². The normalized spacial score (nSPS) is 17.1. The number of aromatic nitrogens is 5. The van der Waals surface area contributed by atoms with Gasteiger partial charge >= 0.3 is 0 Å². The molecule has 1 saturated heterocycles. The van der Waals surface area contributed by atoms with Gasteiger partial charge in [0.15, 0.2) is 0 Å². The quantitative estimate of drug-likeness (QED) is 0.762. The van der Waals surface area contributed by atoms with Crippen molar-refractivity contribution in [2.45, 2.75) is 18.9 Å². The molecule has 4 rings (SSSR count). The lowest BCUT2D eigenvalue weighted by Crippen LogP contribution is -2.19. The van der Waals surface area contributed by atoms with Gasteiger partial charge in [0.2, 0.25) is 5.82 Å². The fourth-order valence-corrected chi connectivity index (χ4v) is 2.59. The molecular formula is C16H16N6O2. The number of nitrogens with one attached hydrogen (secondary N) is 1. The molecule has 8 heteroatoms. The van der Waals surface area contributed by atoms with E-state index in [0.29, 0.717) is 29.6 Å². The number of rotatable bonds is 5. The highest BCUT2D eigenvalue weighted by Crippen LogP contribution is 2.26. The number of ether oxygens (including phenoxy) is 1. The molecule has 3 aromatic heterocycles. The number of hydrogen-bond donors (Lipinski definition) is 1. The Bertz CT molecular complexity index is 801. The van der Waals surface area contributed by atoms with Gasteiger partial charge in [-0.25, -0.2) is 9.97 Å². The van der Waals surface area contributed by atoms with Gasteiger partial charge < -0.3 is 14.6 Å². The first-order valence-corrected chi connectivity index (χ1v) is 7.80. The Labute approximate surface area is 138 Å². The van der Waals surface area contributed by atoms with Gasteiger partial charge in [-0.3, -0.25) is 4.98 Å². The maximum Gasteiger partial charge on any atom is 0.263 e.